The maximum atomic E-state index is 5.96. The van der Waals surface area contributed by atoms with Gasteiger partial charge in [0, 0.05) is 0 Å². The summed E-state index contributed by atoms with van der Waals surface area (Å²) in [5, 5.41) is 0. The Hall–Kier alpha value is -1.46. The van der Waals surface area contributed by atoms with Crippen LogP contribution in [0.25, 0.3) is 0 Å². The van der Waals surface area contributed by atoms with Gasteiger partial charge in [-0.05, 0) is 25.7 Å². The molecular formula is C22H32O4. The Labute approximate surface area is 157 Å². The molecule has 0 aliphatic heterocycles. The SMILES string of the molecule is C=CCO[C@@H]1CC=CC[C@H]1OC/C=C/CO[C@@H]1CC=CC[C@H]1OCC=C. The first-order valence-corrected chi connectivity index (χ1v) is 9.48. The smallest absolute Gasteiger partial charge is 0.0878 e. The Morgan fingerprint density at radius 2 is 0.885 bits per heavy atom. The average Bonchev–Trinajstić information content (AvgIpc) is 2.69. The molecule has 2 rings (SSSR count). The van der Waals surface area contributed by atoms with Crippen LogP contribution in [0.3, 0.4) is 0 Å². The van der Waals surface area contributed by atoms with E-state index in [-0.39, 0.29) is 24.4 Å². The van der Waals surface area contributed by atoms with Gasteiger partial charge in [-0.15, -0.1) is 13.2 Å². The van der Waals surface area contributed by atoms with Gasteiger partial charge >= 0.3 is 0 Å². The van der Waals surface area contributed by atoms with Crippen molar-refractivity contribution < 1.29 is 18.9 Å². The first kappa shape index (κ1) is 20.8. The minimum absolute atomic E-state index is 0.102. The van der Waals surface area contributed by atoms with Gasteiger partial charge in [0.05, 0.1) is 50.8 Å². The Morgan fingerprint density at radius 1 is 0.577 bits per heavy atom. The molecule has 0 saturated heterocycles. The third-order valence-electron chi connectivity index (χ3n) is 4.47. The molecule has 0 radical (unpaired) electrons. The van der Waals surface area contributed by atoms with E-state index < -0.39 is 0 Å². The topological polar surface area (TPSA) is 36.9 Å². The third-order valence-corrected chi connectivity index (χ3v) is 4.47. The van der Waals surface area contributed by atoms with Crippen LogP contribution in [0.4, 0.5) is 0 Å². The molecule has 2 aliphatic carbocycles. The highest BCUT2D eigenvalue weighted by Gasteiger charge is 2.24. The minimum Gasteiger partial charge on any atom is -0.371 e. The molecule has 0 aromatic carbocycles. The molecule has 0 unspecified atom stereocenters. The summed E-state index contributed by atoms with van der Waals surface area (Å²) in [5.41, 5.74) is 0. The fourth-order valence-electron chi connectivity index (χ4n) is 3.11. The summed E-state index contributed by atoms with van der Waals surface area (Å²) in [6.07, 6.45) is 20.2. The van der Waals surface area contributed by atoms with E-state index in [1.54, 1.807) is 12.2 Å². The van der Waals surface area contributed by atoms with Crippen LogP contribution < -0.4 is 0 Å². The van der Waals surface area contributed by atoms with Crippen molar-refractivity contribution in [2.24, 2.45) is 0 Å². The van der Waals surface area contributed by atoms with Crippen molar-refractivity contribution in [1.82, 2.24) is 0 Å². The lowest BCUT2D eigenvalue weighted by atomic mass is 10.0. The van der Waals surface area contributed by atoms with E-state index in [2.05, 4.69) is 37.5 Å². The molecule has 4 atom stereocenters. The molecule has 26 heavy (non-hydrogen) atoms. The van der Waals surface area contributed by atoms with Crippen LogP contribution >= 0.6 is 0 Å². The molecule has 0 fully saturated rings. The van der Waals surface area contributed by atoms with E-state index in [9.17, 15) is 0 Å². The fraction of sp³-hybridized carbons (Fsp3) is 0.545. The van der Waals surface area contributed by atoms with Crippen LogP contribution in [-0.4, -0.2) is 50.8 Å². The maximum Gasteiger partial charge on any atom is 0.0878 e. The van der Waals surface area contributed by atoms with E-state index in [0.29, 0.717) is 26.4 Å². The summed E-state index contributed by atoms with van der Waals surface area (Å²) in [7, 11) is 0. The number of hydrogen-bond donors (Lipinski definition) is 0. The molecule has 0 aromatic heterocycles. The highest BCUT2D eigenvalue weighted by molar-refractivity contribution is 4.98. The molecule has 0 N–H and O–H groups in total. The average molecular weight is 360 g/mol. The van der Waals surface area contributed by atoms with Crippen LogP contribution in [-0.2, 0) is 18.9 Å². The van der Waals surface area contributed by atoms with E-state index in [1.807, 2.05) is 12.2 Å². The monoisotopic (exact) mass is 360 g/mol. The van der Waals surface area contributed by atoms with Crippen LogP contribution in [0.5, 0.6) is 0 Å². The Bertz CT molecular complexity index is 450. The number of hydrogen-bond acceptors (Lipinski definition) is 4. The zero-order chi connectivity index (χ0) is 18.5. The van der Waals surface area contributed by atoms with Gasteiger partial charge in [0.15, 0.2) is 0 Å². The second-order valence-electron chi connectivity index (χ2n) is 6.42. The summed E-state index contributed by atoms with van der Waals surface area (Å²) >= 11 is 0. The Morgan fingerprint density at radius 3 is 1.19 bits per heavy atom. The molecule has 4 nitrogen and oxygen atoms in total. The fourth-order valence-corrected chi connectivity index (χ4v) is 3.11. The van der Waals surface area contributed by atoms with E-state index in [4.69, 9.17) is 18.9 Å². The van der Waals surface area contributed by atoms with Crippen molar-refractivity contribution in [3.8, 4) is 0 Å². The van der Waals surface area contributed by atoms with Gasteiger partial charge in [-0.3, -0.25) is 0 Å². The second-order valence-corrected chi connectivity index (χ2v) is 6.42. The van der Waals surface area contributed by atoms with Crippen LogP contribution in [0.2, 0.25) is 0 Å². The van der Waals surface area contributed by atoms with Gasteiger partial charge in [-0.25, -0.2) is 0 Å². The summed E-state index contributed by atoms with van der Waals surface area (Å²) in [6.45, 7) is 9.66. The van der Waals surface area contributed by atoms with E-state index in [1.165, 1.54) is 0 Å². The van der Waals surface area contributed by atoms with Gasteiger partial charge < -0.3 is 18.9 Å². The molecule has 4 heteroatoms. The highest BCUT2D eigenvalue weighted by atomic mass is 16.5. The van der Waals surface area contributed by atoms with Crippen LogP contribution in [0.1, 0.15) is 25.7 Å². The predicted octanol–water partition coefficient (Wildman–Crippen LogP) is 4.16. The van der Waals surface area contributed by atoms with E-state index in [0.717, 1.165) is 25.7 Å². The van der Waals surface area contributed by atoms with Crippen molar-refractivity contribution in [3.05, 3.63) is 61.8 Å². The van der Waals surface area contributed by atoms with Gasteiger partial charge in [-0.2, -0.15) is 0 Å². The van der Waals surface area contributed by atoms with Gasteiger partial charge in [-0.1, -0.05) is 48.6 Å². The highest BCUT2D eigenvalue weighted by Crippen LogP contribution is 2.20. The second kappa shape index (κ2) is 12.8. The zero-order valence-corrected chi connectivity index (χ0v) is 15.6. The quantitative estimate of drug-likeness (QED) is 0.490. The Kier molecular flexibility index (Phi) is 10.3. The first-order chi connectivity index (χ1) is 12.8. The van der Waals surface area contributed by atoms with Crippen molar-refractivity contribution in [1.29, 1.82) is 0 Å². The molecule has 0 aromatic rings. The summed E-state index contributed by atoms with van der Waals surface area (Å²) < 4.78 is 23.5. The summed E-state index contributed by atoms with van der Waals surface area (Å²) in [5.74, 6) is 0. The molecular weight excluding hydrogens is 328 g/mol. The first-order valence-electron chi connectivity index (χ1n) is 9.48. The normalized spacial score (nSPS) is 28.5. The van der Waals surface area contributed by atoms with Crippen LogP contribution in [0.15, 0.2) is 61.8 Å². The van der Waals surface area contributed by atoms with Gasteiger partial charge in [0.25, 0.3) is 0 Å². The molecule has 0 heterocycles. The Balaban J connectivity index is 1.65. The maximum absolute atomic E-state index is 5.96. The van der Waals surface area contributed by atoms with Gasteiger partial charge in [0.2, 0.25) is 0 Å². The standard InChI is InChI=1S/C22H32O4/c1-3-15-23-19-11-5-7-13-21(19)25-17-9-10-18-26-22-14-8-6-12-20(22)24-16-4-2/h3-10,19-22H,1-2,11-18H2/b10-9+/t19-,20-,21-,22-/m1/s1. The van der Waals surface area contributed by atoms with Crippen molar-refractivity contribution in [2.45, 2.75) is 50.1 Å². The predicted molar refractivity (Wildman–Crippen MR) is 105 cm³/mol. The van der Waals surface area contributed by atoms with Crippen LogP contribution in [0, 0.1) is 0 Å². The molecule has 144 valence electrons. The summed E-state index contributed by atoms with van der Waals surface area (Å²) in [6, 6.07) is 0. The number of rotatable bonds is 12. The minimum atomic E-state index is 0.102. The molecule has 0 bridgehead atoms. The molecule has 0 amide bonds. The van der Waals surface area contributed by atoms with Crippen molar-refractivity contribution >= 4 is 0 Å². The molecule has 0 saturated carbocycles. The molecule has 0 spiro atoms. The molecule has 2 aliphatic rings. The van der Waals surface area contributed by atoms with Crippen molar-refractivity contribution in [3.63, 3.8) is 0 Å². The zero-order valence-electron chi connectivity index (χ0n) is 15.6. The third kappa shape index (κ3) is 7.42. The lowest BCUT2D eigenvalue weighted by molar-refractivity contribution is -0.0606. The largest absolute Gasteiger partial charge is 0.371 e. The lowest BCUT2D eigenvalue weighted by Crippen LogP contribution is -2.33. The van der Waals surface area contributed by atoms with Gasteiger partial charge in [0.1, 0.15) is 0 Å². The van der Waals surface area contributed by atoms with E-state index >= 15 is 0 Å². The number of ether oxygens (including phenoxy) is 4. The summed E-state index contributed by atoms with van der Waals surface area (Å²) in [4.78, 5) is 0. The lowest BCUT2D eigenvalue weighted by Gasteiger charge is -2.28. The van der Waals surface area contributed by atoms with Crippen molar-refractivity contribution in [2.75, 3.05) is 26.4 Å².